The fourth-order valence-electron chi connectivity index (χ4n) is 3.47. The number of aldehydes is 1. The molecule has 2 aromatic carbocycles. The van der Waals surface area contributed by atoms with E-state index in [-0.39, 0.29) is 5.69 Å². The van der Waals surface area contributed by atoms with E-state index >= 15 is 0 Å². The lowest BCUT2D eigenvalue weighted by Gasteiger charge is -2.36. The van der Waals surface area contributed by atoms with Crippen LogP contribution in [0.25, 0.3) is 0 Å². The van der Waals surface area contributed by atoms with Crippen molar-refractivity contribution >= 4 is 23.3 Å². The van der Waals surface area contributed by atoms with Crippen molar-refractivity contribution in [3.8, 4) is 5.75 Å². The molecule has 0 saturated carbocycles. The lowest BCUT2D eigenvalue weighted by molar-refractivity contribution is -0.384. The molecule has 1 N–H and O–H groups in total. The summed E-state index contributed by atoms with van der Waals surface area (Å²) in [6.45, 7) is 5.49. The van der Waals surface area contributed by atoms with Crippen LogP contribution in [0.1, 0.15) is 16.8 Å². The number of nitro benzene ring substituents is 1. The van der Waals surface area contributed by atoms with E-state index in [1.54, 1.807) is 19.2 Å². The van der Waals surface area contributed by atoms with E-state index in [1.807, 2.05) is 12.1 Å². The van der Waals surface area contributed by atoms with Crippen LogP contribution in [0, 0.1) is 10.1 Å². The van der Waals surface area contributed by atoms with Gasteiger partial charge < -0.3 is 15.0 Å². The highest BCUT2D eigenvalue weighted by molar-refractivity contribution is 5.79. The van der Waals surface area contributed by atoms with E-state index in [2.05, 4.69) is 27.2 Å². The van der Waals surface area contributed by atoms with Crippen molar-refractivity contribution in [3.05, 3.63) is 58.1 Å². The Morgan fingerprint density at radius 3 is 2.48 bits per heavy atom. The van der Waals surface area contributed by atoms with Crippen molar-refractivity contribution in [2.45, 2.75) is 6.42 Å². The number of hydrogen-bond acceptors (Lipinski definition) is 7. The smallest absolute Gasteiger partial charge is 0.293 e. The zero-order chi connectivity index (χ0) is 20.6. The molecule has 1 fully saturated rings. The van der Waals surface area contributed by atoms with Crippen molar-refractivity contribution < 1.29 is 14.5 Å². The number of carbonyl (C=O) groups excluding carboxylic acids is 1. The van der Waals surface area contributed by atoms with E-state index < -0.39 is 4.92 Å². The molecular weight excluding hydrogens is 372 g/mol. The standard InChI is InChI=1S/C21H26N4O4/c1-29-19-6-4-18(5-7-19)24-13-11-23(12-14-24)10-2-9-22-20-8-3-17(16-26)15-21(20)25(27)28/h3-8,15-16,22H,2,9-14H2,1H3. The first-order chi connectivity index (χ1) is 14.1. The molecule has 0 aromatic heterocycles. The molecule has 1 saturated heterocycles. The predicted molar refractivity (Wildman–Crippen MR) is 113 cm³/mol. The number of ether oxygens (including phenoxy) is 1. The van der Waals surface area contributed by atoms with E-state index in [1.165, 1.54) is 11.8 Å². The quantitative estimate of drug-likeness (QED) is 0.301. The first kappa shape index (κ1) is 20.6. The summed E-state index contributed by atoms with van der Waals surface area (Å²) < 4.78 is 5.21. The van der Waals surface area contributed by atoms with Crippen molar-refractivity contribution in [2.24, 2.45) is 0 Å². The van der Waals surface area contributed by atoms with Gasteiger partial charge in [-0.1, -0.05) is 0 Å². The van der Waals surface area contributed by atoms with Gasteiger partial charge in [-0.05, 0) is 49.4 Å². The number of piperazine rings is 1. The maximum atomic E-state index is 11.2. The maximum absolute atomic E-state index is 11.2. The molecule has 0 amide bonds. The highest BCUT2D eigenvalue weighted by atomic mass is 16.6. The van der Waals surface area contributed by atoms with E-state index in [0.29, 0.717) is 24.1 Å². The van der Waals surface area contributed by atoms with Gasteiger partial charge in [0, 0.05) is 50.0 Å². The Balaban J connectivity index is 1.42. The molecule has 0 unspecified atom stereocenters. The van der Waals surface area contributed by atoms with Gasteiger partial charge in [0.15, 0.2) is 0 Å². The Labute approximate surface area is 170 Å². The lowest BCUT2D eigenvalue weighted by atomic mass is 10.2. The van der Waals surface area contributed by atoms with E-state index in [4.69, 9.17) is 4.74 Å². The molecule has 3 rings (SSSR count). The van der Waals surface area contributed by atoms with Crippen LogP contribution >= 0.6 is 0 Å². The van der Waals surface area contributed by atoms with Gasteiger partial charge in [-0.2, -0.15) is 0 Å². The third kappa shape index (κ3) is 5.45. The minimum atomic E-state index is -0.465. The zero-order valence-corrected chi connectivity index (χ0v) is 16.5. The SMILES string of the molecule is COc1ccc(N2CCN(CCCNc3ccc(C=O)cc3[N+](=O)[O-])CC2)cc1. The zero-order valence-electron chi connectivity index (χ0n) is 16.5. The molecule has 0 bridgehead atoms. The van der Waals surface area contributed by atoms with Crippen molar-refractivity contribution in [2.75, 3.05) is 56.6 Å². The third-order valence-electron chi connectivity index (χ3n) is 5.13. The summed E-state index contributed by atoms with van der Waals surface area (Å²) in [5, 5.41) is 14.3. The molecule has 0 spiro atoms. The van der Waals surface area contributed by atoms with Crippen LogP contribution < -0.4 is 15.0 Å². The molecule has 1 heterocycles. The Bertz CT molecular complexity index is 833. The number of methoxy groups -OCH3 is 1. The van der Waals surface area contributed by atoms with E-state index in [9.17, 15) is 14.9 Å². The van der Waals surface area contributed by atoms with Gasteiger partial charge in [-0.3, -0.25) is 19.8 Å². The van der Waals surface area contributed by atoms with Crippen LogP contribution in [-0.2, 0) is 0 Å². The monoisotopic (exact) mass is 398 g/mol. The first-order valence-corrected chi connectivity index (χ1v) is 9.69. The van der Waals surface area contributed by atoms with Crippen LogP contribution in [0.4, 0.5) is 17.1 Å². The fourth-order valence-corrected chi connectivity index (χ4v) is 3.47. The Hall–Kier alpha value is -3.13. The summed E-state index contributed by atoms with van der Waals surface area (Å²) in [6.07, 6.45) is 1.50. The molecule has 8 heteroatoms. The van der Waals surface area contributed by atoms with Crippen molar-refractivity contribution in [1.82, 2.24) is 4.90 Å². The Kier molecular flexibility index (Phi) is 7.02. The van der Waals surface area contributed by atoms with Gasteiger partial charge in [0.2, 0.25) is 0 Å². The molecule has 0 aliphatic carbocycles. The highest BCUT2D eigenvalue weighted by Crippen LogP contribution is 2.25. The molecule has 0 atom stereocenters. The molecule has 154 valence electrons. The summed E-state index contributed by atoms with van der Waals surface area (Å²) in [5.74, 6) is 0.862. The topological polar surface area (TPSA) is 88.0 Å². The minimum absolute atomic E-state index is 0.0669. The van der Waals surface area contributed by atoms with Crippen LogP contribution in [0.3, 0.4) is 0 Å². The minimum Gasteiger partial charge on any atom is -0.497 e. The van der Waals surface area contributed by atoms with Crippen LogP contribution in [-0.4, -0.2) is 62.5 Å². The molecule has 8 nitrogen and oxygen atoms in total. The molecule has 1 aliphatic heterocycles. The van der Waals surface area contributed by atoms with E-state index in [0.717, 1.165) is 44.9 Å². The number of nitrogens with zero attached hydrogens (tertiary/aromatic N) is 3. The maximum Gasteiger partial charge on any atom is 0.293 e. The number of anilines is 2. The number of nitrogens with one attached hydrogen (secondary N) is 1. The fraction of sp³-hybridized carbons (Fsp3) is 0.381. The third-order valence-corrected chi connectivity index (χ3v) is 5.13. The second kappa shape index (κ2) is 9.88. The summed E-state index contributed by atoms with van der Waals surface area (Å²) >= 11 is 0. The Morgan fingerprint density at radius 2 is 1.86 bits per heavy atom. The predicted octanol–water partition coefficient (Wildman–Crippen LogP) is 3.04. The van der Waals surface area contributed by atoms with Gasteiger partial charge in [-0.25, -0.2) is 0 Å². The highest BCUT2D eigenvalue weighted by Gasteiger charge is 2.17. The molecular formula is C21H26N4O4. The van der Waals surface area contributed by atoms with Gasteiger partial charge in [0.25, 0.3) is 5.69 Å². The largest absolute Gasteiger partial charge is 0.497 e. The van der Waals surface area contributed by atoms with Gasteiger partial charge in [0.1, 0.15) is 17.7 Å². The summed E-state index contributed by atoms with van der Waals surface area (Å²) in [5.41, 5.74) is 1.89. The van der Waals surface area contributed by atoms with Gasteiger partial charge in [0.05, 0.1) is 12.0 Å². The molecule has 2 aromatic rings. The summed E-state index contributed by atoms with van der Waals surface area (Å²) in [6, 6.07) is 12.6. The first-order valence-electron chi connectivity index (χ1n) is 9.69. The van der Waals surface area contributed by atoms with Crippen molar-refractivity contribution in [1.29, 1.82) is 0 Å². The average molecular weight is 398 g/mol. The summed E-state index contributed by atoms with van der Waals surface area (Å²) in [7, 11) is 1.67. The van der Waals surface area contributed by atoms with Gasteiger partial charge >= 0.3 is 0 Å². The number of rotatable bonds is 9. The second-order valence-corrected chi connectivity index (χ2v) is 6.96. The Morgan fingerprint density at radius 1 is 1.14 bits per heavy atom. The number of benzene rings is 2. The number of hydrogen-bond donors (Lipinski definition) is 1. The average Bonchev–Trinajstić information content (AvgIpc) is 2.77. The number of nitro groups is 1. The van der Waals surface area contributed by atoms with Crippen LogP contribution in [0.5, 0.6) is 5.75 Å². The normalized spacial score (nSPS) is 14.4. The van der Waals surface area contributed by atoms with Crippen molar-refractivity contribution in [3.63, 3.8) is 0 Å². The molecule has 0 radical (unpaired) electrons. The van der Waals surface area contributed by atoms with Crippen LogP contribution in [0.2, 0.25) is 0 Å². The molecule has 29 heavy (non-hydrogen) atoms. The lowest BCUT2D eigenvalue weighted by Crippen LogP contribution is -2.46. The summed E-state index contributed by atoms with van der Waals surface area (Å²) in [4.78, 5) is 26.3. The van der Waals surface area contributed by atoms with Gasteiger partial charge in [-0.15, -0.1) is 0 Å². The van der Waals surface area contributed by atoms with Crippen LogP contribution in [0.15, 0.2) is 42.5 Å². The number of carbonyl (C=O) groups is 1. The molecule has 1 aliphatic rings. The second-order valence-electron chi connectivity index (χ2n) is 6.96.